The van der Waals surface area contributed by atoms with Crippen LogP contribution in [0.25, 0.3) is 5.69 Å². The Labute approximate surface area is 112 Å². The number of aromatic nitrogens is 1. The highest BCUT2D eigenvalue weighted by Gasteiger charge is 2.22. The predicted octanol–water partition coefficient (Wildman–Crippen LogP) is 2.17. The molecule has 0 aliphatic carbocycles. The van der Waals surface area contributed by atoms with Crippen LogP contribution in [-0.2, 0) is 4.79 Å². The molecule has 1 unspecified atom stereocenters. The number of hydrogen-bond donors (Lipinski definition) is 2. The summed E-state index contributed by atoms with van der Waals surface area (Å²) in [5.74, 6) is 0.0529. The zero-order valence-corrected chi connectivity index (χ0v) is 10.7. The summed E-state index contributed by atoms with van der Waals surface area (Å²) in [6.07, 6.45) is 5.92. The summed E-state index contributed by atoms with van der Waals surface area (Å²) in [4.78, 5) is 12.2. The fraction of sp³-hybridized carbons (Fsp3) is 0.267. The summed E-state index contributed by atoms with van der Waals surface area (Å²) in [5.41, 5.74) is 1.83. The standard InChI is InChI=1S/C15H17N3O/c19-15(13-7-5-9-16-13)17-12-6-1-2-8-14(12)18-10-3-4-11-18/h1-4,6,8,10-11,13,16H,5,7,9H2,(H,17,19). The second-order valence-electron chi connectivity index (χ2n) is 4.75. The number of nitrogens with zero attached hydrogens (tertiary/aromatic N) is 1. The largest absolute Gasteiger partial charge is 0.323 e. The van der Waals surface area contributed by atoms with Crippen molar-refractivity contribution in [3.63, 3.8) is 0 Å². The molecule has 3 rings (SSSR count). The first-order valence-corrected chi connectivity index (χ1v) is 6.61. The molecule has 2 aromatic rings. The average molecular weight is 255 g/mol. The third kappa shape index (κ3) is 2.53. The number of nitrogens with one attached hydrogen (secondary N) is 2. The van der Waals surface area contributed by atoms with Crippen molar-refractivity contribution in [1.82, 2.24) is 9.88 Å². The van der Waals surface area contributed by atoms with Crippen molar-refractivity contribution in [3.05, 3.63) is 48.8 Å². The molecular formula is C15H17N3O. The van der Waals surface area contributed by atoms with Crippen molar-refractivity contribution in [1.29, 1.82) is 0 Å². The van der Waals surface area contributed by atoms with E-state index in [-0.39, 0.29) is 11.9 Å². The van der Waals surface area contributed by atoms with Gasteiger partial charge in [-0.1, -0.05) is 12.1 Å². The van der Waals surface area contributed by atoms with E-state index in [0.29, 0.717) is 0 Å². The second-order valence-corrected chi connectivity index (χ2v) is 4.75. The quantitative estimate of drug-likeness (QED) is 0.883. The lowest BCUT2D eigenvalue weighted by Crippen LogP contribution is -2.35. The van der Waals surface area contributed by atoms with Gasteiger partial charge in [0, 0.05) is 12.4 Å². The van der Waals surface area contributed by atoms with E-state index in [9.17, 15) is 4.79 Å². The van der Waals surface area contributed by atoms with Crippen LogP contribution in [0.15, 0.2) is 48.8 Å². The summed E-state index contributed by atoms with van der Waals surface area (Å²) in [6.45, 7) is 0.928. The molecule has 1 saturated heterocycles. The Morgan fingerprint density at radius 1 is 1.21 bits per heavy atom. The highest BCUT2D eigenvalue weighted by atomic mass is 16.2. The molecule has 1 aliphatic rings. The second kappa shape index (κ2) is 5.28. The maximum absolute atomic E-state index is 12.2. The normalized spacial score (nSPS) is 18.4. The Morgan fingerprint density at radius 2 is 2.00 bits per heavy atom. The highest BCUT2D eigenvalue weighted by Crippen LogP contribution is 2.20. The van der Waals surface area contributed by atoms with Crippen molar-refractivity contribution in [2.45, 2.75) is 18.9 Å². The van der Waals surface area contributed by atoms with Crippen LogP contribution in [0, 0.1) is 0 Å². The number of carbonyl (C=O) groups is 1. The number of para-hydroxylation sites is 2. The number of rotatable bonds is 3. The molecule has 4 nitrogen and oxygen atoms in total. The Kier molecular flexibility index (Phi) is 3.33. The molecule has 1 amide bonds. The van der Waals surface area contributed by atoms with Crippen molar-refractivity contribution in [3.8, 4) is 5.69 Å². The summed E-state index contributed by atoms with van der Waals surface area (Å²) < 4.78 is 2.00. The summed E-state index contributed by atoms with van der Waals surface area (Å²) in [6, 6.07) is 11.7. The highest BCUT2D eigenvalue weighted by molar-refractivity contribution is 5.96. The average Bonchev–Trinajstić information content (AvgIpc) is 3.13. The van der Waals surface area contributed by atoms with Crippen LogP contribution in [0.5, 0.6) is 0 Å². The molecule has 19 heavy (non-hydrogen) atoms. The first kappa shape index (κ1) is 12.0. The Hall–Kier alpha value is -2.07. The molecule has 1 atom stereocenters. The van der Waals surface area contributed by atoms with Crippen LogP contribution >= 0.6 is 0 Å². The third-order valence-electron chi connectivity index (χ3n) is 3.42. The van der Waals surface area contributed by atoms with Crippen LogP contribution < -0.4 is 10.6 Å². The summed E-state index contributed by atoms with van der Waals surface area (Å²) in [7, 11) is 0. The molecule has 98 valence electrons. The molecular weight excluding hydrogens is 238 g/mol. The van der Waals surface area contributed by atoms with Crippen LogP contribution in [0.2, 0.25) is 0 Å². The van der Waals surface area contributed by atoms with Gasteiger partial charge in [-0.25, -0.2) is 0 Å². The maximum atomic E-state index is 12.2. The van der Waals surface area contributed by atoms with Gasteiger partial charge in [0.25, 0.3) is 0 Å². The van der Waals surface area contributed by atoms with Gasteiger partial charge in [-0.2, -0.15) is 0 Å². The van der Waals surface area contributed by atoms with E-state index in [2.05, 4.69) is 10.6 Å². The van der Waals surface area contributed by atoms with Crippen molar-refractivity contribution >= 4 is 11.6 Å². The van der Waals surface area contributed by atoms with Crippen LogP contribution in [-0.4, -0.2) is 23.1 Å². The molecule has 1 aromatic carbocycles. The van der Waals surface area contributed by atoms with Gasteiger partial charge in [0.15, 0.2) is 0 Å². The van der Waals surface area contributed by atoms with Crippen LogP contribution in [0.3, 0.4) is 0 Å². The minimum Gasteiger partial charge on any atom is -0.323 e. The van der Waals surface area contributed by atoms with E-state index in [1.54, 1.807) is 0 Å². The molecule has 1 aliphatic heterocycles. The zero-order chi connectivity index (χ0) is 13.1. The molecule has 0 saturated carbocycles. The van der Waals surface area contributed by atoms with Gasteiger partial charge in [-0.05, 0) is 43.7 Å². The number of hydrogen-bond acceptors (Lipinski definition) is 2. The van der Waals surface area contributed by atoms with Gasteiger partial charge >= 0.3 is 0 Å². The summed E-state index contributed by atoms with van der Waals surface area (Å²) >= 11 is 0. The molecule has 4 heteroatoms. The first-order chi connectivity index (χ1) is 9.34. The lowest BCUT2D eigenvalue weighted by atomic mass is 10.2. The number of carbonyl (C=O) groups excluding carboxylic acids is 1. The topological polar surface area (TPSA) is 46.1 Å². The molecule has 1 fully saturated rings. The van der Waals surface area contributed by atoms with Crippen LogP contribution in [0.1, 0.15) is 12.8 Å². The third-order valence-corrected chi connectivity index (χ3v) is 3.42. The molecule has 0 bridgehead atoms. The smallest absolute Gasteiger partial charge is 0.241 e. The van der Waals surface area contributed by atoms with Crippen molar-refractivity contribution in [2.75, 3.05) is 11.9 Å². The SMILES string of the molecule is O=C(Nc1ccccc1-n1cccc1)C1CCCN1. The van der Waals surface area contributed by atoms with Crippen molar-refractivity contribution in [2.24, 2.45) is 0 Å². The van der Waals surface area contributed by atoms with Crippen LogP contribution in [0.4, 0.5) is 5.69 Å². The monoisotopic (exact) mass is 255 g/mol. The zero-order valence-electron chi connectivity index (χ0n) is 10.7. The Bertz CT molecular complexity index is 557. The van der Waals surface area contributed by atoms with Gasteiger partial charge in [0.1, 0.15) is 0 Å². The molecule has 2 N–H and O–H groups in total. The lowest BCUT2D eigenvalue weighted by molar-refractivity contribution is -0.117. The number of benzene rings is 1. The molecule has 0 radical (unpaired) electrons. The van der Waals surface area contributed by atoms with E-state index in [4.69, 9.17) is 0 Å². The van der Waals surface area contributed by atoms with Gasteiger partial charge in [0.2, 0.25) is 5.91 Å². The van der Waals surface area contributed by atoms with Gasteiger partial charge < -0.3 is 15.2 Å². The minimum absolute atomic E-state index is 0.0529. The fourth-order valence-electron chi connectivity index (χ4n) is 2.43. The van der Waals surface area contributed by atoms with E-state index in [0.717, 1.165) is 30.8 Å². The Morgan fingerprint density at radius 3 is 2.74 bits per heavy atom. The molecule has 2 heterocycles. The molecule has 1 aromatic heterocycles. The number of amides is 1. The predicted molar refractivity (Wildman–Crippen MR) is 75.4 cm³/mol. The van der Waals surface area contributed by atoms with Crippen molar-refractivity contribution < 1.29 is 4.79 Å². The first-order valence-electron chi connectivity index (χ1n) is 6.61. The van der Waals surface area contributed by atoms with E-state index in [1.807, 2.05) is 53.4 Å². The number of anilines is 1. The van der Waals surface area contributed by atoms with Gasteiger partial charge in [-0.3, -0.25) is 4.79 Å². The minimum atomic E-state index is -0.0577. The van der Waals surface area contributed by atoms with Gasteiger partial charge in [-0.15, -0.1) is 0 Å². The van der Waals surface area contributed by atoms with E-state index >= 15 is 0 Å². The van der Waals surface area contributed by atoms with E-state index < -0.39 is 0 Å². The molecule has 0 spiro atoms. The lowest BCUT2D eigenvalue weighted by Gasteiger charge is -2.15. The Balaban J connectivity index is 1.83. The maximum Gasteiger partial charge on any atom is 0.241 e. The van der Waals surface area contributed by atoms with Gasteiger partial charge in [0.05, 0.1) is 17.4 Å². The summed E-state index contributed by atoms with van der Waals surface area (Å²) in [5, 5.41) is 6.23. The fourth-order valence-corrected chi connectivity index (χ4v) is 2.43. The van der Waals surface area contributed by atoms with E-state index in [1.165, 1.54) is 0 Å².